The van der Waals surface area contributed by atoms with Crippen LogP contribution in [0.3, 0.4) is 0 Å². The topological polar surface area (TPSA) is 138 Å². The molecule has 1 aromatic rings. The molecule has 2 N–H and O–H groups in total. The van der Waals surface area contributed by atoms with E-state index in [9.17, 15) is 19.0 Å². The van der Waals surface area contributed by atoms with Gasteiger partial charge in [0.1, 0.15) is 24.9 Å². The number of aromatic amines is 1. The van der Waals surface area contributed by atoms with Crippen LogP contribution in [0.4, 0.5) is 0 Å². The molecule has 0 spiro atoms. The number of ether oxygens (including phenoxy) is 1. The summed E-state index contributed by atoms with van der Waals surface area (Å²) in [7, 11) is -9.77. The van der Waals surface area contributed by atoms with Gasteiger partial charge in [0, 0.05) is 12.3 Å². The number of phosphoric ester groups is 1. The van der Waals surface area contributed by atoms with Crippen LogP contribution in [0, 0.1) is 0 Å². The van der Waals surface area contributed by atoms with Crippen molar-refractivity contribution >= 4 is 59.3 Å². The second kappa shape index (κ2) is 12.5. The largest absolute Gasteiger partial charge is 0.472 e. The van der Waals surface area contributed by atoms with Gasteiger partial charge in [-0.15, -0.1) is 0 Å². The molecule has 11 nitrogen and oxygen atoms in total. The predicted octanol–water partition coefficient (Wildman–Crippen LogP) is 5.72. The first-order valence-electron chi connectivity index (χ1n) is 12.8. The highest BCUT2D eigenvalue weighted by Crippen LogP contribution is 2.52. The van der Waals surface area contributed by atoms with Crippen LogP contribution in [0.2, 0.25) is 36.3 Å². The molecule has 1 saturated heterocycles. The van der Waals surface area contributed by atoms with Crippen molar-refractivity contribution in [3.8, 4) is 0 Å². The molecule has 0 aliphatic carbocycles. The normalized spacial score (nSPS) is 24.8. The van der Waals surface area contributed by atoms with Crippen molar-refractivity contribution in [3.63, 3.8) is 0 Å². The Morgan fingerprint density at radius 3 is 2.05 bits per heavy atom. The van der Waals surface area contributed by atoms with Crippen LogP contribution >= 0.6 is 42.6 Å². The van der Waals surface area contributed by atoms with Crippen molar-refractivity contribution in [1.82, 2.24) is 9.55 Å². The van der Waals surface area contributed by atoms with Gasteiger partial charge in [-0.2, -0.15) is 0 Å². The molecule has 0 bridgehead atoms. The summed E-state index contributed by atoms with van der Waals surface area (Å²) in [5, 5.41) is -0.434. The van der Waals surface area contributed by atoms with Gasteiger partial charge >= 0.3 is 13.5 Å². The lowest BCUT2D eigenvalue weighted by Gasteiger charge is -2.41. The van der Waals surface area contributed by atoms with Crippen LogP contribution in [0.15, 0.2) is 21.9 Å². The zero-order valence-corrected chi connectivity index (χ0v) is 29.8. The predicted molar refractivity (Wildman–Crippen MR) is 161 cm³/mol. The number of hydrogen-bond donors (Lipinski definition) is 2. The van der Waals surface area contributed by atoms with Gasteiger partial charge in [0.05, 0.1) is 6.61 Å². The van der Waals surface area contributed by atoms with Gasteiger partial charge in [-0.3, -0.25) is 23.4 Å². The molecule has 2 rings (SSSR count). The Labute approximate surface area is 252 Å². The summed E-state index contributed by atoms with van der Waals surface area (Å²) in [6.45, 7) is 19.6. The van der Waals surface area contributed by atoms with Gasteiger partial charge in [-0.25, -0.2) is 9.36 Å². The van der Waals surface area contributed by atoms with Crippen LogP contribution in [-0.4, -0.2) is 66.4 Å². The number of nitrogens with one attached hydrogen (secondary N) is 1. The SMILES string of the molecule is CC(C)(C)[Si](C)(C)OC[C@H]1O[C@@H](n2ccc(=O)[nH]c2=O)[C@H](O[Si](C)(C)C(C)(C)C)[C@@H]1OP(=O)(O)OCC(Cl)(Cl)Cl. The minimum Gasteiger partial charge on any atom is -0.414 e. The fourth-order valence-electron chi connectivity index (χ4n) is 3.31. The summed E-state index contributed by atoms with van der Waals surface area (Å²) in [6.07, 6.45) is -3.14. The Morgan fingerprint density at radius 2 is 1.57 bits per heavy atom. The Hall–Kier alpha value is -0.0262. The lowest BCUT2D eigenvalue weighted by molar-refractivity contribution is -0.0515. The lowest BCUT2D eigenvalue weighted by Crippen LogP contribution is -2.50. The van der Waals surface area contributed by atoms with E-state index in [-0.39, 0.29) is 16.7 Å². The number of aromatic nitrogens is 2. The van der Waals surface area contributed by atoms with Crippen molar-refractivity contribution in [2.45, 2.75) is 106 Å². The highest BCUT2D eigenvalue weighted by atomic mass is 35.6. The van der Waals surface area contributed by atoms with Crippen molar-refractivity contribution in [2.24, 2.45) is 0 Å². The average Bonchev–Trinajstić information content (AvgIpc) is 3.05. The summed E-state index contributed by atoms with van der Waals surface area (Å²) >= 11 is 17.2. The molecule has 1 fully saturated rings. The molecule has 232 valence electrons. The molecular weight excluding hydrogens is 642 g/mol. The fourth-order valence-corrected chi connectivity index (χ4v) is 6.98. The molecule has 40 heavy (non-hydrogen) atoms. The van der Waals surface area contributed by atoms with Crippen LogP contribution in [-0.2, 0) is 27.2 Å². The molecule has 2 heterocycles. The number of halogens is 3. The number of alkyl halides is 3. The first kappa shape index (κ1) is 36.2. The van der Waals surface area contributed by atoms with E-state index in [1.165, 1.54) is 12.3 Å². The third kappa shape index (κ3) is 9.49. The number of phosphoric acid groups is 1. The lowest BCUT2D eigenvalue weighted by atomic mass is 10.1. The van der Waals surface area contributed by atoms with Crippen LogP contribution in [0.5, 0.6) is 0 Å². The van der Waals surface area contributed by atoms with E-state index in [0.717, 1.165) is 4.57 Å². The van der Waals surface area contributed by atoms with Gasteiger partial charge in [0.2, 0.25) is 3.79 Å². The van der Waals surface area contributed by atoms with E-state index in [2.05, 4.69) is 25.8 Å². The molecule has 17 heteroatoms. The molecular formula is C23H42Cl3N2O9PSi2. The van der Waals surface area contributed by atoms with Gasteiger partial charge in [0.25, 0.3) is 5.56 Å². The molecule has 1 aliphatic rings. The third-order valence-corrected chi connectivity index (χ3v) is 18.0. The van der Waals surface area contributed by atoms with Crippen LogP contribution in [0.1, 0.15) is 47.8 Å². The minimum absolute atomic E-state index is 0.0302. The second-order valence-electron chi connectivity index (χ2n) is 12.9. The maximum atomic E-state index is 13.1. The molecule has 5 atom stereocenters. The average molecular weight is 684 g/mol. The monoisotopic (exact) mass is 682 g/mol. The van der Waals surface area contributed by atoms with Gasteiger partial charge in [-0.1, -0.05) is 76.3 Å². The first-order valence-corrected chi connectivity index (χ1v) is 21.2. The van der Waals surface area contributed by atoms with Crippen LogP contribution < -0.4 is 11.2 Å². The maximum absolute atomic E-state index is 13.1. The molecule has 1 aliphatic heterocycles. The fraction of sp³-hybridized carbons (Fsp3) is 0.826. The van der Waals surface area contributed by atoms with E-state index in [4.69, 9.17) is 57.4 Å². The molecule has 1 aromatic heterocycles. The molecule has 0 amide bonds. The van der Waals surface area contributed by atoms with Crippen molar-refractivity contribution < 1.29 is 32.1 Å². The highest BCUT2D eigenvalue weighted by Gasteiger charge is 2.54. The zero-order valence-electron chi connectivity index (χ0n) is 24.6. The van der Waals surface area contributed by atoms with Gasteiger partial charge < -0.3 is 18.5 Å². The Balaban J connectivity index is 2.61. The van der Waals surface area contributed by atoms with E-state index in [0.29, 0.717) is 0 Å². The molecule has 0 aromatic carbocycles. The second-order valence-corrected chi connectivity index (χ2v) is 26.4. The highest BCUT2D eigenvalue weighted by molar-refractivity contribution is 7.47. The molecule has 1 unspecified atom stereocenters. The van der Waals surface area contributed by atoms with Crippen molar-refractivity contribution in [3.05, 3.63) is 33.1 Å². The number of hydrogen-bond acceptors (Lipinski definition) is 8. The van der Waals surface area contributed by atoms with Gasteiger partial charge in [-0.05, 0) is 36.3 Å². The van der Waals surface area contributed by atoms with Crippen molar-refractivity contribution in [1.29, 1.82) is 0 Å². The van der Waals surface area contributed by atoms with Crippen molar-refractivity contribution in [2.75, 3.05) is 13.2 Å². The smallest absolute Gasteiger partial charge is 0.414 e. The Kier molecular flexibility index (Phi) is 11.3. The summed E-state index contributed by atoms with van der Waals surface area (Å²) in [5.74, 6) is 0. The van der Waals surface area contributed by atoms with E-state index < -0.39 is 70.6 Å². The van der Waals surface area contributed by atoms with E-state index in [1.54, 1.807) is 0 Å². The summed E-state index contributed by atoms with van der Waals surface area (Å²) < 4.78 is 42.3. The summed E-state index contributed by atoms with van der Waals surface area (Å²) in [6, 6.07) is 1.17. The van der Waals surface area contributed by atoms with Gasteiger partial charge in [0.15, 0.2) is 22.9 Å². The minimum atomic E-state index is -4.84. The Bertz CT molecular complexity index is 1190. The number of H-pyrrole nitrogens is 1. The van der Waals surface area contributed by atoms with Crippen LogP contribution in [0.25, 0.3) is 0 Å². The number of rotatable bonds is 10. The molecule has 0 radical (unpaired) electrons. The Morgan fingerprint density at radius 1 is 1.02 bits per heavy atom. The van der Waals surface area contributed by atoms with E-state index >= 15 is 0 Å². The zero-order chi connectivity index (χ0) is 31.1. The standard InChI is InChI=1S/C23H42Cl3N2O9PSi2/c1-21(2,3)39(7,8)34-13-15-17(36-38(31,32)33-14-23(24,25)26)18(37-40(9,10)22(4,5)6)19(35-15)28-12-11-16(29)27-20(28)30/h11-12,15,17-19H,13-14H2,1-10H3,(H,31,32)(H,27,29,30)/t15-,17-,18-,19-/m1/s1. The maximum Gasteiger partial charge on any atom is 0.472 e. The third-order valence-electron chi connectivity index (χ3n) is 7.71. The quantitative estimate of drug-likeness (QED) is 0.180. The number of nitrogens with zero attached hydrogens (tertiary/aromatic N) is 1. The molecule has 0 saturated carbocycles. The summed E-state index contributed by atoms with van der Waals surface area (Å²) in [4.78, 5) is 37.5. The van der Waals surface area contributed by atoms with E-state index in [1.807, 2.05) is 47.0 Å². The first-order chi connectivity index (χ1) is 17.8. The summed E-state index contributed by atoms with van der Waals surface area (Å²) in [5.41, 5.74) is -1.34.